The molecule has 114 valence electrons. The Labute approximate surface area is 117 Å². The van der Waals surface area contributed by atoms with Gasteiger partial charge in [0.2, 0.25) is 11.6 Å². The molecule has 1 aliphatic rings. The molecule has 2 aromatic heterocycles. The number of nitrogens with two attached hydrogens (primary N) is 1. The summed E-state index contributed by atoms with van der Waals surface area (Å²) in [7, 11) is -3.63. The van der Waals surface area contributed by atoms with Crippen LogP contribution in [-0.2, 0) is 13.8 Å². The van der Waals surface area contributed by atoms with Crippen LogP contribution >= 0.6 is 7.60 Å². The number of fused-ring (bicyclic) bond motifs is 1. The van der Waals surface area contributed by atoms with E-state index in [1.807, 2.05) is 0 Å². The van der Waals surface area contributed by atoms with Gasteiger partial charge in [-0.05, 0) is 0 Å². The average Bonchev–Trinajstić information content (AvgIpc) is 2.81. The standard InChI is InChI=1S/C9H12N5O6P/c10-9-12-7-6(8(15)13-9)11-3-14(7)19-1-5-2-20-21(16,17)4-18-5/h3,5H,1-2,4H2,(H,16,17)(H3,10,12,13,15)/t5-/m1/s1. The lowest BCUT2D eigenvalue weighted by atomic mass is 10.4. The molecule has 1 aliphatic heterocycles. The van der Waals surface area contributed by atoms with Gasteiger partial charge in [-0.1, -0.05) is 0 Å². The molecule has 0 amide bonds. The number of nitrogen functional groups attached to an aromatic ring is 1. The maximum absolute atomic E-state index is 11.6. The predicted octanol–water partition coefficient (Wildman–Crippen LogP) is -1.31. The first-order valence-corrected chi connectivity index (χ1v) is 7.65. The molecule has 21 heavy (non-hydrogen) atoms. The number of aromatic amines is 1. The van der Waals surface area contributed by atoms with Crippen LogP contribution in [0.1, 0.15) is 0 Å². The van der Waals surface area contributed by atoms with Crippen molar-refractivity contribution in [3.8, 4) is 0 Å². The van der Waals surface area contributed by atoms with Gasteiger partial charge in [0.25, 0.3) is 5.56 Å². The van der Waals surface area contributed by atoms with E-state index < -0.39 is 25.6 Å². The Morgan fingerprint density at radius 1 is 1.67 bits per heavy atom. The summed E-state index contributed by atoms with van der Waals surface area (Å²) in [6.07, 6.45) is 0.361. The minimum absolute atomic E-state index is 0.0276. The second-order valence-electron chi connectivity index (χ2n) is 4.34. The number of rotatable bonds is 3. The quantitative estimate of drug-likeness (QED) is 0.585. The van der Waals surface area contributed by atoms with Crippen LogP contribution in [0.15, 0.2) is 11.1 Å². The Hall–Kier alpha value is -1.94. The molecule has 2 aromatic rings. The minimum Gasteiger partial charge on any atom is -0.408 e. The maximum Gasteiger partial charge on any atom is 0.353 e. The predicted molar refractivity (Wildman–Crippen MR) is 69.5 cm³/mol. The molecule has 0 radical (unpaired) electrons. The molecule has 12 heteroatoms. The topological polar surface area (TPSA) is 155 Å². The molecule has 3 heterocycles. The average molecular weight is 317 g/mol. The van der Waals surface area contributed by atoms with Crippen LogP contribution in [0.5, 0.6) is 0 Å². The molecule has 3 rings (SSSR count). The Morgan fingerprint density at radius 2 is 2.48 bits per heavy atom. The number of hydrogen-bond donors (Lipinski definition) is 3. The highest BCUT2D eigenvalue weighted by molar-refractivity contribution is 7.52. The number of nitrogens with one attached hydrogen (secondary N) is 1. The number of anilines is 1. The van der Waals surface area contributed by atoms with Gasteiger partial charge in [-0.25, -0.2) is 4.98 Å². The highest BCUT2D eigenvalue weighted by atomic mass is 31.2. The number of ether oxygens (including phenoxy) is 1. The second kappa shape index (κ2) is 5.11. The largest absolute Gasteiger partial charge is 0.408 e. The number of H-pyrrole nitrogens is 1. The lowest BCUT2D eigenvalue weighted by Gasteiger charge is -2.25. The Bertz CT molecular complexity index is 760. The van der Waals surface area contributed by atoms with Gasteiger partial charge < -0.3 is 24.7 Å². The van der Waals surface area contributed by atoms with Crippen molar-refractivity contribution >= 4 is 24.7 Å². The fourth-order valence-corrected chi connectivity index (χ4v) is 2.62. The normalized spacial score (nSPS) is 26.0. The number of hydrogen-bond acceptors (Lipinski definition) is 8. The Morgan fingerprint density at radius 3 is 3.19 bits per heavy atom. The molecule has 0 bridgehead atoms. The molecule has 1 unspecified atom stereocenters. The smallest absolute Gasteiger partial charge is 0.353 e. The highest BCUT2D eigenvalue weighted by Gasteiger charge is 2.30. The number of aromatic nitrogens is 4. The zero-order chi connectivity index (χ0) is 15.0. The van der Waals surface area contributed by atoms with Crippen molar-refractivity contribution in [3.63, 3.8) is 0 Å². The SMILES string of the molecule is Nc1nc2c(ncn2OC[C@@H]2COP(=O)(O)CO2)c(=O)[nH]1. The van der Waals surface area contributed by atoms with Crippen molar-refractivity contribution in [2.75, 3.05) is 25.3 Å². The fourth-order valence-electron chi connectivity index (χ4n) is 1.75. The summed E-state index contributed by atoms with van der Waals surface area (Å²) in [5.41, 5.74) is 5.24. The van der Waals surface area contributed by atoms with E-state index in [1.165, 1.54) is 11.1 Å². The minimum atomic E-state index is -3.63. The molecule has 1 saturated heterocycles. The van der Waals surface area contributed by atoms with Crippen LogP contribution in [0.3, 0.4) is 0 Å². The second-order valence-corrected chi connectivity index (χ2v) is 6.13. The monoisotopic (exact) mass is 317 g/mol. The van der Waals surface area contributed by atoms with E-state index in [1.54, 1.807) is 0 Å². The van der Waals surface area contributed by atoms with Gasteiger partial charge in [0.15, 0.2) is 5.52 Å². The van der Waals surface area contributed by atoms with Gasteiger partial charge in [-0.2, -0.15) is 9.71 Å². The van der Waals surface area contributed by atoms with E-state index in [0.29, 0.717) is 0 Å². The van der Waals surface area contributed by atoms with Crippen molar-refractivity contribution < 1.29 is 23.6 Å². The molecule has 2 atom stereocenters. The summed E-state index contributed by atoms with van der Waals surface area (Å²) >= 11 is 0. The van der Waals surface area contributed by atoms with Gasteiger partial charge in [0.1, 0.15) is 25.4 Å². The van der Waals surface area contributed by atoms with E-state index in [-0.39, 0.29) is 30.3 Å². The van der Waals surface area contributed by atoms with Crippen LogP contribution < -0.4 is 16.1 Å². The summed E-state index contributed by atoms with van der Waals surface area (Å²) in [6, 6.07) is 0. The van der Waals surface area contributed by atoms with Gasteiger partial charge in [0.05, 0.1) is 6.61 Å². The van der Waals surface area contributed by atoms with Gasteiger partial charge in [0, 0.05) is 0 Å². The van der Waals surface area contributed by atoms with Crippen LogP contribution in [0.4, 0.5) is 5.95 Å². The van der Waals surface area contributed by atoms with E-state index >= 15 is 0 Å². The van der Waals surface area contributed by atoms with Crippen LogP contribution in [0.2, 0.25) is 0 Å². The van der Waals surface area contributed by atoms with Crippen molar-refractivity contribution in [3.05, 3.63) is 16.7 Å². The van der Waals surface area contributed by atoms with Crippen molar-refractivity contribution in [1.29, 1.82) is 0 Å². The lowest BCUT2D eigenvalue weighted by Crippen LogP contribution is -2.33. The Kier molecular flexibility index (Phi) is 3.41. The summed E-state index contributed by atoms with van der Waals surface area (Å²) in [5, 5.41) is 0. The van der Waals surface area contributed by atoms with Crippen LogP contribution in [-0.4, -0.2) is 50.2 Å². The van der Waals surface area contributed by atoms with Crippen molar-refractivity contribution in [2.45, 2.75) is 6.10 Å². The molecule has 4 N–H and O–H groups in total. The summed E-state index contributed by atoms with van der Waals surface area (Å²) < 4.78 is 22.2. The third-order valence-electron chi connectivity index (χ3n) is 2.73. The fraction of sp³-hybridized carbons (Fsp3) is 0.444. The molecule has 0 saturated carbocycles. The maximum atomic E-state index is 11.6. The number of imidazole rings is 1. The van der Waals surface area contributed by atoms with Crippen molar-refractivity contribution in [1.82, 2.24) is 19.7 Å². The molecule has 1 fully saturated rings. The van der Waals surface area contributed by atoms with Gasteiger partial charge >= 0.3 is 7.60 Å². The van der Waals surface area contributed by atoms with E-state index in [9.17, 15) is 9.36 Å². The van der Waals surface area contributed by atoms with Crippen LogP contribution in [0, 0.1) is 0 Å². The van der Waals surface area contributed by atoms with Crippen LogP contribution in [0.25, 0.3) is 11.2 Å². The van der Waals surface area contributed by atoms with Crippen molar-refractivity contribution in [2.24, 2.45) is 0 Å². The first-order chi connectivity index (χ1) is 9.94. The summed E-state index contributed by atoms with van der Waals surface area (Å²) in [6.45, 7) is -0.0452. The number of nitrogens with zero attached hydrogens (tertiary/aromatic N) is 3. The molecular weight excluding hydrogens is 305 g/mol. The van der Waals surface area contributed by atoms with E-state index in [0.717, 1.165) is 0 Å². The van der Waals surface area contributed by atoms with Gasteiger partial charge in [-0.15, -0.1) is 0 Å². The van der Waals surface area contributed by atoms with E-state index in [2.05, 4.69) is 15.0 Å². The summed E-state index contributed by atoms with van der Waals surface area (Å²) in [4.78, 5) is 36.2. The first kappa shape index (κ1) is 14.0. The first-order valence-electron chi connectivity index (χ1n) is 5.89. The molecule has 11 nitrogen and oxygen atoms in total. The van der Waals surface area contributed by atoms with Gasteiger partial charge in [-0.3, -0.25) is 14.3 Å². The molecule has 0 aromatic carbocycles. The molecular formula is C9H12N5O6P. The zero-order valence-electron chi connectivity index (χ0n) is 10.6. The summed E-state index contributed by atoms with van der Waals surface area (Å²) in [5.74, 6) is -0.0590. The molecule has 0 spiro atoms. The Balaban J connectivity index is 1.72. The van der Waals surface area contributed by atoms with E-state index in [4.69, 9.17) is 24.7 Å². The third kappa shape index (κ3) is 2.90. The third-order valence-corrected chi connectivity index (χ3v) is 3.76. The lowest BCUT2D eigenvalue weighted by molar-refractivity contribution is -0.0500. The zero-order valence-corrected chi connectivity index (χ0v) is 11.5. The molecule has 0 aliphatic carbocycles. The highest BCUT2D eigenvalue weighted by Crippen LogP contribution is 2.44.